The SMILES string of the molecule is O=C(Cc1cn(-c2ccccc2)nc1-c1ccc(Cl)cc1)NC1=NCCS1. The second kappa shape index (κ2) is 7.98. The quantitative estimate of drug-likeness (QED) is 0.726. The lowest BCUT2D eigenvalue weighted by atomic mass is 10.1. The van der Waals surface area contributed by atoms with E-state index in [1.165, 1.54) is 0 Å². The summed E-state index contributed by atoms with van der Waals surface area (Å²) in [6.45, 7) is 0.752. The van der Waals surface area contributed by atoms with E-state index in [-0.39, 0.29) is 12.3 Å². The molecule has 3 aromatic rings. The fourth-order valence-corrected chi connectivity index (χ4v) is 3.72. The average Bonchev–Trinajstić information content (AvgIpc) is 3.33. The van der Waals surface area contributed by atoms with Crippen LogP contribution in [0.3, 0.4) is 0 Å². The molecule has 27 heavy (non-hydrogen) atoms. The topological polar surface area (TPSA) is 59.3 Å². The van der Waals surface area contributed by atoms with Gasteiger partial charge in [0.15, 0.2) is 5.17 Å². The normalized spacial score (nSPS) is 13.4. The lowest BCUT2D eigenvalue weighted by Crippen LogP contribution is -2.28. The molecular weight excluding hydrogens is 380 g/mol. The van der Waals surface area contributed by atoms with Crippen molar-refractivity contribution in [1.82, 2.24) is 15.1 Å². The number of benzene rings is 2. The molecule has 0 atom stereocenters. The van der Waals surface area contributed by atoms with Crippen LogP contribution in [0.15, 0.2) is 65.8 Å². The number of hydrogen-bond acceptors (Lipinski definition) is 4. The Bertz CT molecular complexity index is 983. The van der Waals surface area contributed by atoms with Gasteiger partial charge in [0.1, 0.15) is 0 Å². The summed E-state index contributed by atoms with van der Waals surface area (Å²) in [6, 6.07) is 17.3. The molecule has 0 spiro atoms. The first-order valence-corrected chi connectivity index (χ1v) is 9.92. The number of nitrogens with zero attached hydrogens (tertiary/aromatic N) is 3. The number of hydrogen-bond donors (Lipinski definition) is 1. The molecule has 0 fully saturated rings. The van der Waals surface area contributed by atoms with E-state index in [1.807, 2.05) is 60.8 Å². The second-order valence-corrected chi connectivity index (χ2v) is 7.57. The summed E-state index contributed by atoms with van der Waals surface area (Å²) in [4.78, 5) is 16.8. The average molecular weight is 397 g/mol. The van der Waals surface area contributed by atoms with Gasteiger partial charge >= 0.3 is 0 Å². The number of thioether (sulfide) groups is 1. The third kappa shape index (κ3) is 4.23. The number of amidine groups is 1. The molecule has 1 aromatic heterocycles. The van der Waals surface area contributed by atoms with Crippen molar-refractivity contribution in [2.24, 2.45) is 4.99 Å². The standard InChI is InChI=1S/C20H17ClN4OS/c21-16-8-6-14(7-9-16)19-15(12-18(26)23-20-22-10-11-27-20)13-25(24-19)17-4-2-1-3-5-17/h1-9,13H,10-12H2,(H,22,23,26). The van der Waals surface area contributed by atoms with Crippen LogP contribution in [-0.4, -0.2) is 33.2 Å². The fraction of sp³-hybridized carbons (Fsp3) is 0.150. The molecule has 0 unspecified atom stereocenters. The molecule has 0 saturated carbocycles. The minimum Gasteiger partial charge on any atom is -0.305 e. The third-order valence-electron chi connectivity index (χ3n) is 4.11. The van der Waals surface area contributed by atoms with Gasteiger partial charge in [-0.05, 0) is 24.3 Å². The van der Waals surface area contributed by atoms with Crippen LogP contribution in [-0.2, 0) is 11.2 Å². The number of rotatable bonds is 4. The van der Waals surface area contributed by atoms with Gasteiger partial charge in [-0.3, -0.25) is 9.79 Å². The van der Waals surface area contributed by atoms with E-state index < -0.39 is 0 Å². The molecule has 5 nitrogen and oxygen atoms in total. The summed E-state index contributed by atoms with van der Waals surface area (Å²) >= 11 is 7.58. The van der Waals surface area contributed by atoms with Gasteiger partial charge in [0.05, 0.1) is 24.3 Å². The van der Waals surface area contributed by atoms with Crippen molar-refractivity contribution < 1.29 is 4.79 Å². The molecule has 0 radical (unpaired) electrons. The van der Waals surface area contributed by atoms with Crippen LogP contribution in [0.1, 0.15) is 5.56 Å². The molecule has 0 saturated heterocycles. The predicted octanol–water partition coefficient (Wildman–Crippen LogP) is 3.95. The summed E-state index contributed by atoms with van der Waals surface area (Å²) in [7, 11) is 0. The Morgan fingerprint density at radius 2 is 1.93 bits per heavy atom. The Hall–Kier alpha value is -2.57. The van der Waals surface area contributed by atoms with Gasteiger partial charge in [0, 0.05) is 28.1 Å². The zero-order chi connectivity index (χ0) is 18.6. The summed E-state index contributed by atoms with van der Waals surface area (Å²) in [5.41, 5.74) is 3.48. The van der Waals surface area contributed by atoms with Crippen molar-refractivity contribution in [3.8, 4) is 16.9 Å². The maximum atomic E-state index is 12.5. The van der Waals surface area contributed by atoms with Crippen LogP contribution in [0.4, 0.5) is 0 Å². The van der Waals surface area contributed by atoms with Gasteiger partial charge in [-0.1, -0.05) is 53.7 Å². The van der Waals surface area contributed by atoms with E-state index in [1.54, 1.807) is 16.4 Å². The minimum absolute atomic E-state index is 0.0917. The first-order chi connectivity index (χ1) is 13.2. The lowest BCUT2D eigenvalue weighted by molar-refractivity contribution is -0.119. The molecule has 1 aliphatic rings. The van der Waals surface area contributed by atoms with Gasteiger partial charge in [-0.2, -0.15) is 5.10 Å². The highest BCUT2D eigenvalue weighted by molar-refractivity contribution is 8.14. The van der Waals surface area contributed by atoms with Crippen molar-refractivity contribution in [1.29, 1.82) is 0 Å². The Balaban J connectivity index is 1.66. The number of amides is 1. The van der Waals surface area contributed by atoms with Crippen LogP contribution in [0, 0.1) is 0 Å². The summed E-state index contributed by atoms with van der Waals surface area (Å²) in [5.74, 6) is 0.823. The monoisotopic (exact) mass is 396 g/mol. The highest BCUT2D eigenvalue weighted by Gasteiger charge is 2.17. The van der Waals surface area contributed by atoms with E-state index >= 15 is 0 Å². The molecule has 1 amide bonds. The third-order valence-corrected chi connectivity index (χ3v) is 5.25. The van der Waals surface area contributed by atoms with Crippen molar-refractivity contribution in [3.63, 3.8) is 0 Å². The van der Waals surface area contributed by atoms with Crippen molar-refractivity contribution in [2.75, 3.05) is 12.3 Å². The Morgan fingerprint density at radius 3 is 2.63 bits per heavy atom. The maximum absolute atomic E-state index is 12.5. The number of carbonyl (C=O) groups is 1. The zero-order valence-corrected chi connectivity index (χ0v) is 16.0. The Labute approximate surface area is 166 Å². The highest BCUT2D eigenvalue weighted by Crippen LogP contribution is 2.26. The molecule has 0 aliphatic carbocycles. The number of nitrogens with one attached hydrogen (secondary N) is 1. The zero-order valence-electron chi connectivity index (χ0n) is 14.4. The largest absolute Gasteiger partial charge is 0.305 e. The van der Waals surface area contributed by atoms with Crippen LogP contribution < -0.4 is 5.32 Å². The molecule has 0 bridgehead atoms. The van der Waals surface area contributed by atoms with Crippen LogP contribution in [0.5, 0.6) is 0 Å². The first kappa shape index (κ1) is 17.8. The molecule has 4 rings (SSSR count). The van der Waals surface area contributed by atoms with Crippen molar-refractivity contribution >= 4 is 34.4 Å². The van der Waals surface area contributed by atoms with Gasteiger partial charge < -0.3 is 5.32 Å². The summed E-state index contributed by atoms with van der Waals surface area (Å²) in [5, 5.41) is 8.96. The van der Waals surface area contributed by atoms with E-state index in [0.717, 1.165) is 34.8 Å². The molecule has 2 aromatic carbocycles. The number of halogens is 1. The van der Waals surface area contributed by atoms with E-state index in [9.17, 15) is 4.79 Å². The van der Waals surface area contributed by atoms with Gasteiger partial charge in [0.25, 0.3) is 0 Å². The van der Waals surface area contributed by atoms with Crippen LogP contribution in [0.25, 0.3) is 16.9 Å². The fourth-order valence-electron chi connectivity index (χ4n) is 2.85. The number of aromatic nitrogens is 2. The Kier molecular flexibility index (Phi) is 5.27. The molecule has 1 aliphatic heterocycles. The summed E-state index contributed by atoms with van der Waals surface area (Å²) in [6.07, 6.45) is 2.13. The second-order valence-electron chi connectivity index (χ2n) is 6.05. The molecule has 2 heterocycles. The van der Waals surface area contributed by atoms with Gasteiger partial charge in [-0.25, -0.2) is 4.68 Å². The molecular formula is C20H17ClN4OS. The highest BCUT2D eigenvalue weighted by atomic mass is 35.5. The number of carbonyl (C=O) groups excluding carboxylic acids is 1. The van der Waals surface area contributed by atoms with Crippen LogP contribution >= 0.6 is 23.4 Å². The maximum Gasteiger partial charge on any atom is 0.230 e. The van der Waals surface area contributed by atoms with Crippen molar-refractivity contribution in [3.05, 3.63) is 71.4 Å². The van der Waals surface area contributed by atoms with E-state index in [2.05, 4.69) is 10.3 Å². The smallest absolute Gasteiger partial charge is 0.230 e. The Morgan fingerprint density at radius 1 is 1.15 bits per heavy atom. The van der Waals surface area contributed by atoms with E-state index in [4.69, 9.17) is 16.7 Å². The molecule has 7 heteroatoms. The lowest BCUT2D eigenvalue weighted by Gasteiger charge is -2.04. The number of para-hydroxylation sites is 1. The van der Waals surface area contributed by atoms with Gasteiger partial charge in [-0.15, -0.1) is 0 Å². The predicted molar refractivity (Wildman–Crippen MR) is 111 cm³/mol. The first-order valence-electron chi connectivity index (χ1n) is 8.56. The van der Waals surface area contributed by atoms with Gasteiger partial charge in [0.2, 0.25) is 5.91 Å². The van der Waals surface area contributed by atoms with E-state index in [0.29, 0.717) is 10.2 Å². The number of aliphatic imine (C=N–C) groups is 1. The minimum atomic E-state index is -0.0917. The molecule has 136 valence electrons. The van der Waals surface area contributed by atoms with Crippen molar-refractivity contribution in [2.45, 2.75) is 6.42 Å². The summed E-state index contributed by atoms with van der Waals surface area (Å²) < 4.78 is 1.80. The van der Waals surface area contributed by atoms with Crippen LogP contribution in [0.2, 0.25) is 5.02 Å². The molecule has 1 N–H and O–H groups in total.